The molecule has 9 heteroatoms. The summed E-state index contributed by atoms with van der Waals surface area (Å²) in [5.41, 5.74) is 11.0. The molecular weight excluding hydrogens is 260 g/mol. The number of carbonyl (C=O) groups excluding carboxylic acids is 1. The second kappa shape index (κ2) is 5.56. The first-order valence-corrected chi connectivity index (χ1v) is 6.43. The second-order valence-corrected chi connectivity index (χ2v) is 4.99. The van der Waals surface area contributed by atoms with Crippen LogP contribution in [0, 0.1) is 0 Å². The Morgan fingerprint density at radius 2 is 2.00 bits per heavy atom. The highest BCUT2D eigenvalue weighted by molar-refractivity contribution is 7.89. The van der Waals surface area contributed by atoms with Crippen LogP contribution >= 0.6 is 0 Å². The minimum absolute atomic E-state index is 0.0504. The van der Waals surface area contributed by atoms with Crippen LogP contribution in [0.3, 0.4) is 0 Å². The van der Waals surface area contributed by atoms with Crippen molar-refractivity contribution in [1.29, 1.82) is 0 Å². The van der Waals surface area contributed by atoms with Crippen molar-refractivity contribution in [3.05, 3.63) is 18.2 Å². The number of nitrogen functional groups attached to an aromatic ring is 1. The molecule has 0 heterocycles. The first kappa shape index (κ1) is 14.1. The number of nitrogens with one attached hydrogen (secondary N) is 1. The normalized spacial score (nSPS) is 10.9. The van der Waals surface area contributed by atoms with Gasteiger partial charge in [0, 0.05) is 17.9 Å². The van der Waals surface area contributed by atoms with Crippen LogP contribution in [0.5, 0.6) is 0 Å². The van der Waals surface area contributed by atoms with E-state index in [1.165, 1.54) is 18.2 Å². The molecular formula is C9H14N4O4S. The van der Waals surface area contributed by atoms with Crippen molar-refractivity contribution in [2.75, 3.05) is 24.2 Å². The highest BCUT2D eigenvalue weighted by Crippen LogP contribution is 2.19. The predicted octanol–water partition coefficient (Wildman–Crippen LogP) is -0.577. The van der Waals surface area contributed by atoms with E-state index < -0.39 is 16.1 Å². The fraction of sp³-hybridized carbons (Fsp3) is 0.222. The molecule has 0 saturated carbocycles. The van der Waals surface area contributed by atoms with Crippen molar-refractivity contribution in [1.82, 2.24) is 0 Å². The number of primary sulfonamides is 1. The third-order valence-electron chi connectivity index (χ3n) is 1.93. The van der Waals surface area contributed by atoms with Gasteiger partial charge in [-0.3, -0.25) is 0 Å². The number of hydrogen-bond acceptors (Lipinski definition) is 6. The van der Waals surface area contributed by atoms with Crippen molar-refractivity contribution in [3.8, 4) is 0 Å². The first-order valence-electron chi connectivity index (χ1n) is 4.88. The van der Waals surface area contributed by atoms with Gasteiger partial charge in [-0.25, -0.2) is 18.4 Å². The number of amides is 1. The number of sulfonamides is 1. The molecule has 0 radical (unpaired) electrons. The van der Waals surface area contributed by atoms with Crippen LogP contribution in [0.1, 0.15) is 0 Å². The van der Waals surface area contributed by atoms with Gasteiger partial charge in [0.15, 0.2) is 0 Å². The Kier molecular flexibility index (Phi) is 4.34. The molecule has 0 aliphatic carbocycles. The van der Waals surface area contributed by atoms with Crippen molar-refractivity contribution >= 4 is 27.5 Å². The Bertz CT molecular complexity index is 543. The molecule has 0 atom stereocenters. The van der Waals surface area contributed by atoms with Crippen LogP contribution in [0.25, 0.3) is 0 Å². The zero-order valence-corrected chi connectivity index (χ0v) is 10.2. The van der Waals surface area contributed by atoms with Crippen molar-refractivity contribution < 1.29 is 17.9 Å². The first-order chi connectivity index (χ1) is 8.29. The highest BCUT2D eigenvalue weighted by Gasteiger charge is 2.09. The minimum Gasteiger partial charge on any atom is -0.448 e. The van der Waals surface area contributed by atoms with E-state index in [1.807, 2.05) is 0 Å². The molecule has 0 spiro atoms. The quantitative estimate of drug-likeness (QED) is 0.416. The van der Waals surface area contributed by atoms with E-state index in [0.29, 0.717) is 5.69 Å². The molecule has 18 heavy (non-hydrogen) atoms. The fourth-order valence-corrected chi connectivity index (χ4v) is 1.83. The maximum absolute atomic E-state index is 11.2. The second-order valence-electron chi connectivity index (χ2n) is 3.43. The van der Waals surface area contributed by atoms with E-state index >= 15 is 0 Å². The zero-order valence-electron chi connectivity index (χ0n) is 9.42. The summed E-state index contributed by atoms with van der Waals surface area (Å²) in [5.74, 6) is 0. The highest BCUT2D eigenvalue weighted by atomic mass is 32.2. The van der Waals surface area contributed by atoms with E-state index in [2.05, 4.69) is 10.1 Å². The van der Waals surface area contributed by atoms with Gasteiger partial charge in [0.05, 0.1) is 4.90 Å². The van der Waals surface area contributed by atoms with Crippen LogP contribution in [0.4, 0.5) is 16.2 Å². The monoisotopic (exact) mass is 274 g/mol. The topological polar surface area (TPSA) is 151 Å². The molecule has 0 saturated heterocycles. The van der Waals surface area contributed by atoms with Crippen molar-refractivity contribution in [3.63, 3.8) is 0 Å². The molecule has 0 aromatic heterocycles. The van der Waals surface area contributed by atoms with Gasteiger partial charge in [-0.15, -0.1) is 0 Å². The molecule has 0 aliphatic heterocycles. The maximum atomic E-state index is 11.2. The number of nitrogens with two attached hydrogens (primary N) is 3. The van der Waals surface area contributed by atoms with Gasteiger partial charge in [0.1, 0.15) is 6.61 Å². The smallest absolute Gasteiger partial charge is 0.404 e. The Morgan fingerprint density at radius 3 is 2.56 bits per heavy atom. The lowest BCUT2D eigenvalue weighted by molar-refractivity contribution is 0.161. The molecule has 100 valence electrons. The van der Waals surface area contributed by atoms with Gasteiger partial charge in [0.25, 0.3) is 0 Å². The van der Waals surface area contributed by atoms with Gasteiger partial charge in [0.2, 0.25) is 10.0 Å². The molecule has 1 amide bonds. The van der Waals surface area contributed by atoms with Gasteiger partial charge in [-0.1, -0.05) is 0 Å². The average Bonchev–Trinajstić information content (AvgIpc) is 2.22. The van der Waals surface area contributed by atoms with E-state index in [-0.39, 0.29) is 23.7 Å². The van der Waals surface area contributed by atoms with Gasteiger partial charge >= 0.3 is 6.09 Å². The predicted molar refractivity (Wildman–Crippen MR) is 66.3 cm³/mol. The summed E-state index contributed by atoms with van der Waals surface area (Å²) in [6, 6.07) is 4.11. The van der Waals surface area contributed by atoms with Gasteiger partial charge in [-0.2, -0.15) is 0 Å². The molecule has 1 aromatic carbocycles. The molecule has 0 fully saturated rings. The Labute approximate surface area is 104 Å². The lowest BCUT2D eigenvalue weighted by atomic mass is 10.3. The standard InChI is InChI=1S/C9H14N4O4S/c10-6-3-7(13-1-2-17-9(11)14)5-8(4-6)18(12,15)16/h3-5,13H,1-2,10H2,(H2,11,14)(H2,12,15,16). The van der Waals surface area contributed by atoms with Crippen molar-refractivity contribution in [2.45, 2.75) is 4.90 Å². The van der Waals surface area contributed by atoms with Gasteiger partial charge < -0.3 is 21.5 Å². The van der Waals surface area contributed by atoms with Crippen LogP contribution in [0.2, 0.25) is 0 Å². The molecule has 1 rings (SSSR count). The Balaban J connectivity index is 2.72. The summed E-state index contributed by atoms with van der Waals surface area (Å²) in [4.78, 5) is 10.2. The van der Waals surface area contributed by atoms with E-state index in [4.69, 9.17) is 16.6 Å². The van der Waals surface area contributed by atoms with Crippen LogP contribution in [-0.2, 0) is 14.8 Å². The fourth-order valence-electron chi connectivity index (χ4n) is 1.24. The molecule has 0 aliphatic rings. The molecule has 8 nitrogen and oxygen atoms in total. The summed E-state index contributed by atoms with van der Waals surface area (Å²) in [6.07, 6.45) is -0.880. The number of hydrogen-bond donors (Lipinski definition) is 4. The van der Waals surface area contributed by atoms with Crippen LogP contribution < -0.4 is 21.9 Å². The number of benzene rings is 1. The minimum atomic E-state index is -3.82. The summed E-state index contributed by atoms with van der Waals surface area (Å²) < 4.78 is 26.8. The summed E-state index contributed by atoms with van der Waals surface area (Å²) >= 11 is 0. The summed E-state index contributed by atoms with van der Waals surface area (Å²) in [5, 5.41) is 7.81. The Hall–Kier alpha value is -2.00. The van der Waals surface area contributed by atoms with Crippen LogP contribution in [0.15, 0.2) is 23.1 Å². The number of ether oxygens (including phenoxy) is 1. The zero-order chi connectivity index (χ0) is 13.8. The third-order valence-corrected chi connectivity index (χ3v) is 2.83. The SMILES string of the molecule is NC(=O)OCCNc1cc(N)cc(S(N)(=O)=O)c1. The van der Waals surface area contributed by atoms with Crippen molar-refractivity contribution in [2.24, 2.45) is 10.9 Å². The maximum Gasteiger partial charge on any atom is 0.404 e. The lowest BCUT2D eigenvalue weighted by Gasteiger charge is -2.09. The molecule has 7 N–H and O–H groups in total. The lowest BCUT2D eigenvalue weighted by Crippen LogP contribution is -2.18. The molecule has 0 bridgehead atoms. The molecule has 0 unspecified atom stereocenters. The average molecular weight is 274 g/mol. The molecule has 1 aromatic rings. The van der Waals surface area contributed by atoms with Crippen LogP contribution in [-0.4, -0.2) is 27.7 Å². The van der Waals surface area contributed by atoms with E-state index in [1.54, 1.807) is 0 Å². The largest absolute Gasteiger partial charge is 0.448 e. The van der Waals surface area contributed by atoms with E-state index in [0.717, 1.165) is 0 Å². The third kappa shape index (κ3) is 4.47. The summed E-state index contributed by atoms with van der Waals surface area (Å²) in [7, 11) is -3.82. The van der Waals surface area contributed by atoms with Gasteiger partial charge in [-0.05, 0) is 18.2 Å². The van der Waals surface area contributed by atoms with E-state index in [9.17, 15) is 13.2 Å². The Morgan fingerprint density at radius 1 is 1.33 bits per heavy atom. The summed E-state index contributed by atoms with van der Waals surface area (Å²) in [6.45, 7) is 0.311. The number of anilines is 2. The number of primary amides is 1. The number of rotatable bonds is 5. The number of carbonyl (C=O) groups is 1.